The molecule has 1 aromatic carbocycles. The third kappa shape index (κ3) is 3.30. The summed E-state index contributed by atoms with van der Waals surface area (Å²) in [6, 6.07) is 12.4. The summed E-state index contributed by atoms with van der Waals surface area (Å²) in [7, 11) is -1.11. The van der Waals surface area contributed by atoms with Crippen LogP contribution in [0.3, 0.4) is 0 Å². The molecule has 2 aromatic rings. The smallest absolute Gasteiger partial charge is 0.371 e. The van der Waals surface area contributed by atoms with Gasteiger partial charge in [-0.05, 0) is 17.7 Å². The molecule has 0 radical (unpaired) electrons. The summed E-state index contributed by atoms with van der Waals surface area (Å²) in [6.07, 6.45) is 0. The van der Waals surface area contributed by atoms with Crippen molar-refractivity contribution in [3.8, 4) is 0 Å². The Balaban J connectivity index is 1.97. The largest absolute Gasteiger partial charge is 0.475 e. The molecule has 1 heterocycles. The Kier molecular flexibility index (Phi) is 3.94. The molecule has 0 saturated carbocycles. The van der Waals surface area contributed by atoms with Gasteiger partial charge in [0, 0.05) is 16.6 Å². The van der Waals surface area contributed by atoms with Crippen LogP contribution in [0.25, 0.3) is 0 Å². The SMILES string of the molecule is O=C(O)c1ccc(CS(=O)Cc2ccccc2)o1. The van der Waals surface area contributed by atoms with Crippen LogP contribution in [-0.2, 0) is 22.3 Å². The minimum atomic E-state index is -1.12. The Hall–Kier alpha value is -1.88. The first-order chi connectivity index (χ1) is 8.65. The van der Waals surface area contributed by atoms with E-state index in [1.807, 2.05) is 30.3 Å². The number of hydrogen-bond acceptors (Lipinski definition) is 3. The predicted octanol–water partition coefficient (Wildman–Crippen LogP) is 2.43. The molecule has 2 rings (SSSR count). The number of carboxylic acids is 1. The molecule has 18 heavy (non-hydrogen) atoms. The number of furan rings is 1. The molecule has 1 unspecified atom stereocenters. The molecule has 0 bridgehead atoms. The minimum absolute atomic E-state index is 0.123. The lowest BCUT2D eigenvalue weighted by molar-refractivity contribution is 0.0661. The van der Waals surface area contributed by atoms with Crippen LogP contribution < -0.4 is 0 Å². The molecule has 4 nitrogen and oxygen atoms in total. The van der Waals surface area contributed by atoms with Crippen LogP contribution in [0.4, 0.5) is 0 Å². The molecule has 1 N–H and O–H groups in total. The Morgan fingerprint density at radius 2 is 1.83 bits per heavy atom. The molecule has 1 aromatic heterocycles. The van der Waals surface area contributed by atoms with Crippen molar-refractivity contribution in [3.05, 3.63) is 59.5 Å². The van der Waals surface area contributed by atoms with E-state index in [0.717, 1.165) is 5.56 Å². The summed E-state index contributed by atoms with van der Waals surface area (Å²) in [5, 5.41) is 8.70. The first kappa shape index (κ1) is 12.6. The molecule has 0 amide bonds. The zero-order valence-electron chi connectivity index (χ0n) is 9.54. The first-order valence-corrected chi connectivity index (χ1v) is 6.85. The van der Waals surface area contributed by atoms with Gasteiger partial charge in [-0.1, -0.05) is 30.3 Å². The standard InChI is InChI=1S/C13H12O4S/c14-13(15)12-7-6-11(17-12)9-18(16)8-10-4-2-1-3-5-10/h1-7H,8-9H2,(H,14,15). The average molecular weight is 264 g/mol. The van der Waals surface area contributed by atoms with E-state index in [-0.39, 0.29) is 11.5 Å². The van der Waals surface area contributed by atoms with Gasteiger partial charge in [-0.15, -0.1) is 0 Å². The molecule has 5 heteroatoms. The van der Waals surface area contributed by atoms with E-state index in [0.29, 0.717) is 11.5 Å². The molecule has 0 aliphatic carbocycles. The maximum absolute atomic E-state index is 11.9. The predicted molar refractivity (Wildman–Crippen MR) is 67.7 cm³/mol. The van der Waals surface area contributed by atoms with Gasteiger partial charge in [-0.3, -0.25) is 4.21 Å². The highest BCUT2D eigenvalue weighted by Crippen LogP contribution is 2.12. The van der Waals surface area contributed by atoms with Crippen molar-refractivity contribution in [2.45, 2.75) is 11.5 Å². The fraction of sp³-hybridized carbons (Fsp3) is 0.154. The van der Waals surface area contributed by atoms with Crippen LogP contribution in [0.15, 0.2) is 46.9 Å². The Bertz CT molecular complexity index is 559. The number of carbonyl (C=O) groups is 1. The van der Waals surface area contributed by atoms with E-state index in [1.165, 1.54) is 6.07 Å². The first-order valence-electron chi connectivity index (χ1n) is 5.36. The molecular formula is C13H12O4S. The Morgan fingerprint density at radius 1 is 1.11 bits per heavy atom. The highest BCUT2D eigenvalue weighted by atomic mass is 32.2. The van der Waals surface area contributed by atoms with E-state index in [2.05, 4.69) is 0 Å². The highest BCUT2D eigenvalue weighted by Gasteiger charge is 2.11. The second kappa shape index (κ2) is 5.64. The van der Waals surface area contributed by atoms with Gasteiger partial charge in [-0.25, -0.2) is 4.79 Å². The van der Waals surface area contributed by atoms with Crippen LogP contribution in [0.2, 0.25) is 0 Å². The van der Waals surface area contributed by atoms with Gasteiger partial charge in [0.1, 0.15) is 5.76 Å². The van der Waals surface area contributed by atoms with Crippen molar-refractivity contribution >= 4 is 16.8 Å². The Morgan fingerprint density at radius 3 is 2.44 bits per heavy atom. The maximum Gasteiger partial charge on any atom is 0.371 e. The lowest BCUT2D eigenvalue weighted by Gasteiger charge is -2.00. The average Bonchev–Trinajstić information content (AvgIpc) is 2.78. The zero-order chi connectivity index (χ0) is 13.0. The normalized spacial score (nSPS) is 12.2. The van der Waals surface area contributed by atoms with E-state index < -0.39 is 16.8 Å². The quantitative estimate of drug-likeness (QED) is 0.900. The topological polar surface area (TPSA) is 67.5 Å². The molecule has 0 spiro atoms. The Labute approximate surface area is 107 Å². The summed E-state index contributed by atoms with van der Waals surface area (Å²) >= 11 is 0. The summed E-state index contributed by atoms with van der Waals surface area (Å²) in [5.41, 5.74) is 0.987. The fourth-order valence-electron chi connectivity index (χ4n) is 1.54. The lowest BCUT2D eigenvalue weighted by atomic mass is 10.2. The molecular weight excluding hydrogens is 252 g/mol. The van der Waals surface area contributed by atoms with Crippen LogP contribution in [-0.4, -0.2) is 15.3 Å². The van der Waals surface area contributed by atoms with E-state index in [9.17, 15) is 9.00 Å². The maximum atomic E-state index is 11.9. The van der Waals surface area contributed by atoms with Crippen molar-refractivity contribution in [2.75, 3.05) is 0 Å². The molecule has 1 atom stereocenters. The molecule has 0 fully saturated rings. The third-order valence-electron chi connectivity index (χ3n) is 2.35. The molecule has 0 aliphatic heterocycles. The number of hydrogen-bond donors (Lipinski definition) is 1. The van der Waals surface area contributed by atoms with Gasteiger partial charge in [-0.2, -0.15) is 0 Å². The van der Waals surface area contributed by atoms with E-state index in [1.54, 1.807) is 6.07 Å². The zero-order valence-corrected chi connectivity index (χ0v) is 10.4. The van der Waals surface area contributed by atoms with Gasteiger partial charge in [0.2, 0.25) is 5.76 Å². The second-order valence-corrected chi connectivity index (χ2v) is 5.24. The third-order valence-corrected chi connectivity index (χ3v) is 3.61. The summed E-state index contributed by atoms with van der Waals surface area (Å²) in [5.74, 6) is -0.148. The van der Waals surface area contributed by atoms with Gasteiger partial charge in [0.25, 0.3) is 0 Å². The van der Waals surface area contributed by atoms with Crippen LogP contribution in [0, 0.1) is 0 Å². The molecule has 0 aliphatic rings. The number of aromatic carboxylic acids is 1. The lowest BCUT2D eigenvalue weighted by Crippen LogP contribution is -1.98. The van der Waals surface area contributed by atoms with Crippen molar-refractivity contribution in [2.24, 2.45) is 0 Å². The fourth-order valence-corrected chi connectivity index (χ4v) is 2.68. The van der Waals surface area contributed by atoms with Crippen molar-refractivity contribution < 1.29 is 18.5 Å². The molecule has 94 valence electrons. The van der Waals surface area contributed by atoms with Crippen LogP contribution in [0.5, 0.6) is 0 Å². The monoisotopic (exact) mass is 264 g/mol. The number of rotatable bonds is 5. The van der Waals surface area contributed by atoms with E-state index >= 15 is 0 Å². The highest BCUT2D eigenvalue weighted by molar-refractivity contribution is 7.83. The summed E-state index contributed by atoms with van der Waals surface area (Å²) < 4.78 is 16.9. The second-order valence-electron chi connectivity index (χ2n) is 3.79. The van der Waals surface area contributed by atoms with Crippen LogP contribution in [0.1, 0.15) is 21.9 Å². The number of carboxylic acid groups (broad SMARTS) is 1. The molecule has 0 saturated heterocycles. The van der Waals surface area contributed by atoms with Gasteiger partial charge in [0.15, 0.2) is 0 Å². The minimum Gasteiger partial charge on any atom is -0.475 e. The summed E-state index contributed by atoms with van der Waals surface area (Å²) in [6.45, 7) is 0. The number of benzene rings is 1. The van der Waals surface area contributed by atoms with Gasteiger partial charge in [0.05, 0.1) is 5.75 Å². The van der Waals surface area contributed by atoms with Gasteiger partial charge < -0.3 is 9.52 Å². The van der Waals surface area contributed by atoms with Gasteiger partial charge >= 0.3 is 5.97 Å². The van der Waals surface area contributed by atoms with E-state index in [4.69, 9.17) is 9.52 Å². The van der Waals surface area contributed by atoms with Crippen molar-refractivity contribution in [1.29, 1.82) is 0 Å². The van der Waals surface area contributed by atoms with Crippen molar-refractivity contribution in [3.63, 3.8) is 0 Å². The van der Waals surface area contributed by atoms with Crippen LogP contribution >= 0.6 is 0 Å². The summed E-state index contributed by atoms with van der Waals surface area (Å²) in [4.78, 5) is 10.6. The van der Waals surface area contributed by atoms with Crippen molar-refractivity contribution in [1.82, 2.24) is 0 Å².